The third-order valence-electron chi connectivity index (χ3n) is 7.33. The summed E-state index contributed by atoms with van der Waals surface area (Å²) in [7, 11) is -4.01. The molecule has 0 aliphatic rings. The molecule has 3 aromatic carbocycles. The zero-order valence-corrected chi connectivity index (χ0v) is 25.4. The molecule has 4 aromatic rings. The lowest BCUT2D eigenvalue weighted by molar-refractivity contribution is -0.140. The van der Waals surface area contributed by atoms with Crippen molar-refractivity contribution in [3.05, 3.63) is 83.6 Å². The first kappa shape index (κ1) is 31.0. The molecular formula is C33H38N2O6S. The molecule has 8 nitrogen and oxygen atoms in total. The minimum absolute atomic E-state index is 0.0219. The number of rotatable bonds is 12. The van der Waals surface area contributed by atoms with E-state index in [4.69, 9.17) is 4.42 Å². The molecule has 1 atom stereocenters. The number of sulfonamides is 1. The van der Waals surface area contributed by atoms with Crippen molar-refractivity contribution in [3.8, 4) is 11.1 Å². The largest absolute Gasteiger partial charge is 0.480 e. The fourth-order valence-electron chi connectivity index (χ4n) is 4.98. The van der Waals surface area contributed by atoms with Gasteiger partial charge in [0.2, 0.25) is 10.0 Å². The summed E-state index contributed by atoms with van der Waals surface area (Å²) in [4.78, 5) is 24.6. The van der Waals surface area contributed by atoms with Crippen molar-refractivity contribution in [1.29, 1.82) is 0 Å². The first-order valence-electron chi connectivity index (χ1n) is 14.2. The summed E-state index contributed by atoms with van der Waals surface area (Å²) in [5.74, 6) is -1.03. The molecule has 42 heavy (non-hydrogen) atoms. The highest BCUT2D eigenvalue weighted by molar-refractivity contribution is 7.89. The summed E-state index contributed by atoms with van der Waals surface area (Å²) in [5.41, 5.74) is 4.90. The van der Waals surface area contributed by atoms with E-state index in [1.165, 1.54) is 17.7 Å². The Morgan fingerprint density at radius 1 is 0.905 bits per heavy atom. The van der Waals surface area contributed by atoms with E-state index in [0.717, 1.165) is 41.3 Å². The first-order chi connectivity index (χ1) is 19.9. The van der Waals surface area contributed by atoms with Crippen LogP contribution in [0.5, 0.6) is 0 Å². The van der Waals surface area contributed by atoms with E-state index in [2.05, 4.69) is 30.0 Å². The number of aryl methyl sites for hydroxylation is 2. The third kappa shape index (κ3) is 7.09. The smallest absolute Gasteiger partial charge is 0.322 e. The van der Waals surface area contributed by atoms with Crippen LogP contribution >= 0.6 is 0 Å². The highest BCUT2D eigenvalue weighted by Crippen LogP contribution is 2.31. The lowest BCUT2D eigenvalue weighted by Gasteiger charge is -2.18. The number of amides is 1. The van der Waals surface area contributed by atoms with Crippen molar-refractivity contribution in [2.45, 2.75) is 64.8 Å². The molecule has 0 saturated heterocycles. The van der Waals surface area contributed by atoms with Crippen LogP contribution < -0.4 is 10.0 Å². The number of carbonyl (C=O) groups excluding carboxylic acids is 1. The summed E-state index contributed by atoms with van der Waals surface area (Å²) in [6.45, 7) is 9.63. The van der Waals surface area contributed by atoms with Crippen molar-refractivity contribution < 1.29 is 27.5 Å². The molecular weight excluding hydrogens is 552 g/mol. The number of furan rings is 1. The van der Waals surface area contributed by atoms with Gasteiger partial charge in [0.25, 0.3) is 5.91 Å². The van der Waals surface area contributed by atoms with Gasteiger partial charge in [-0.3, -0.25) is 9.59 Å². The Labute approximate surface area is 247 Å². The highest BCUT2D eigenvalue weighted by Gasteiger charge is 2.28. The summed E-state index contributed by atoms with van der Waals surface area (Å²) in [5, 5.41) is 13.2. The number of carboxylic acids is 1. The second-order valence-corrected chi connectivity index (χ2v) is 13.1. The zero-order chi connectivity index (χ0) is 30.6. The average Bonchev–Trinajstić information content (AvgIpc) is 3.29. The second-order valence-electron chi connectivity index (χ2n) is 11.4. The van der Waals surface area contributed by atoms with E-state index < -0.39 is 28.0 Å². The fourth-order valence-corrected chi connectivity index (χ4v) is 6.32. The summed E-state index contributed by atoms with van der Waals surface area (Å²) in [6.07, 6.45) is 3.15. The van der Waals surface area contributed by atoms with E-state index in [-0.39, 0.29) is 10.8 Å². The Hall–Kier alpha value is -3.95. The number of hydrogen-bond donors (Lipinski definition) is 3. The molecule has 9 heteroatoms. The van der Waals surface area contributed by atoms with Gasteiger partial charge in [0.05, 0.1) is 4.90 Å². The zero-order valence-electron chi connectivity index (χ0n) is 24.6. The topological polar surface area (TPSA) is 126 Å². The average molecular weight is 591 g/mol. The van der Waals surface area contributed by atoms with Gasteiger partial charge in [0.15, 0.2) is 5.76 Å². The van der Waals surface area contributed by atoms with Gasteiger partial charge < -0.3 is 14.8 Å². The van der Waals surface area contributed by atoms with Crippen molar-refractivity contribution in [2.75, 3.05) is 5.32 Å². The molecule has 0 bridgehead atoms. The van der Waals surface area contributed by atoms with Gasteiger partial charge in [-0.1, -0.05) is 70.5 Å². The molecule has 1 heterocycles. The number of anilines is 1. The van der Waals surface area contributed by atoms with Gasteiger partial charge in [-0.2, -0.15) is 4.72 Å². The molecule has 1 amide bonds. The predicted molar refractivity (Wildman–Crippen MR) is 165 cm³/mol. The molecule has 0 radical (unpaired) electrons. The normalized spacial score (nSPS) is 12.6. The molecule has 1 aromatic heterocycles. The Morgan fingerprint density at radius 3 is 2.10 bits per heavy atom. The predicted octanol–water partition coefficient (Wildman–Crippen LogP) is 7.03. The monoisotopic (exact) mass is 590 g/mol. The summed E-state index contributed by atoms with van der Waals surface area (Å²) in [6, 6.07) is 18.1. The SMILES string of the molecule is Cc1c(C(=O)Nc2ccc(-c3ccc(S(=O)(=O)N[C@H](C(=O)O)C(C)C)cc3)cc2)oc2cccc(CCCC(C)C)c12. The van der Waals surface area contributed by atoms with Crippen LogP contribution in [0.2, 0.25) is 0 Å². The van der Waals surface area contributed by atoms with Crippen LogP contribution in [0.3, 0.4) is 0 Å². The maximum atomic E-state index is 13.2. The fraction of sp³-hybridized carbons (Fsp3) is 0.333. The quantitative estimate of drug-likeness (QED) is 0.163. The van der Waals surface area contributed by atoms with Crippen LogP contribution in [0.15, 0.2) is 76.0 Å². The van der Waals surface area contributed by atoms with Crippen LogP contribution in [0.25, 0.3) is 22.1 Å². The lowest BCUT2D eigenvalue weighted by Crippen LogP contribution is -2.44. The number of aliphatic carboxylic acids is 1. The Kier molecular flexibility index (Phi) is 9.53. The molecule has 0 fully saturated rings. The standard InChI is InChI=1S/C33H38N2O6S/c1-20(2)8-6-9-25-10-7-11-28-29(25)22(5)31(41-28)32(36)34-26-16-12-23(13-17-26)24-14-18-27(19-15-24)42(39,40)35-30(21(3)4)33(37)38/h7,10-21,30,35H,6,8-9H2,1-5H3,(H,34,36)(H,37,38)/t30-/m0/s1. The van der Waals surface area contributed by atoms with Crippen LogP contribution in [-0.4, -0.2) is 31.4 Å². The van der Waals surface area contributed by atoms with E-state index in [9.17, 15) is 23.1 Å². The van der Waals surface area contributed by atoms with Gasteiger partial charge in [-0.05, 0) is 78.6 Å². The van der Waals surface area contributed by atoms with Crippen LogP contribution in [-0.2, 0) is 21.2 Å². The molecule has 0 saturated carbocycles. The van der Waals surface area contributed by atoms with E-state index in [1.807, 2.05) is 31.2 Å². The van der Waals surface area contributed by atoms with Gasteiger partial charge in [0, 0.05) is 16.6 Å². The van der Waals surface area contributed by atoms with E-state index >= 15 is 0 Å². The molecule has 222 valence electrons. The number of hydrogen-bond acceptors (Lipinski definition) is 5. The number of carboxylic acid groups (broad SMARTS) is 1. The lowest BCUT2D eigenvalue weighted by atomic mass is 9.98. The number of carbonyl (C=O) groups is 2. The number of fused-ring (bicyclic) bond motifs is 1. The molecule has 0 unspecified atom stereocenters. The Balaban J connectivity index is 1.46. The van der Waals surface area contributed by atoms with Gasteiger partial charge in [-0.25, -0.2) is 8.42 Å². The summed E-state index contributed by atoms with van der Waals surface area (Å²) < 4.78 is 33.7. The van der Waals surface area contributed by atoms with Crippen LogP contribution in [0, 0.1) is 18.8 Å². The second kappa shape index (κ2) is 12.9. The van der Waals surface area contributed by atoms with Crippen molar-refractivity contribution in [3.63, 3.8) is 0 Å². The number of nitrogens with one attached hydrogen (secondary N) is 2. The first-order valence-corrected chi connectivity index (χ1v) is 15.6. The van der Waals surface area contributed by atoms with Crippen LogP contribution in [0.1, 0.15) is 62.2 Å². The number of benzene rings is 3. The minimum atomic E-state index is -4.01. The maximum absolute atomic E-state index is 13.2. The Morgan fingerprint density at radius 2 is 1.52 bits per heavy atom. The van der Waals surface area contributed by atoms with Gasteiger partial charge in [-0.15, -0.1) is 0 Å². The highest BCUT2D eigenvalue weighted by atomic mass is 32.2. The maximum Gasteiger partial charge on any atom is 0.322 e. The molecule has 0 spiro atoms. The molecule has 0 aliphatic heterocycles. The minimum Gasteiger partial charge on any atom is -0.480 e. The van der Waals surface area contributed by atoms with Crippen molar-refractivity contribution in [2.24, 2.45) is 11.8 Å². The van der Waals surface area contributed by atoms with Crippen LogP contribution in [0.4, 0.5) is 5.69 Å². The molecule has 3 N–H and O–H groups in total. The molecule has 4 rings (SSSR count). The molecule has 0 aliphatic carbocycles. The van der Waals surface area contributed by atoms with E-state index in [0.29, 0.717) is 22.9 Å². The van der Waals surface area contributed by atoms with Gasteiger partial charge in [0.1, 0.15) is 11.6 Å². The van der Waals surface area contributed by atoms with Crippen molar-refractivity contribution in [1.82, 2.24) is 4.72 Å². The van der Waals surface area contributed by atoms with E-state index in [1.54, 1.807) is 38.1 Å². The van der Waals surface area contributed by atoms with Crippen molar-refractivity contribution >= 4 is 38.6 Å². The van der Waals surface area contributed by atoms with Gasteiger partial charge >= 0.3 is 5.97 Å². The summed E-state index contributed by atoms with van der Waals surface area (Å²) >= 11 is 0. The Bertz CT molecular complexity index is 1670. The third-order valence-corrected chi connectivity index (χ3v) is 8.79.